The van der Waals surface area contributed by atoms with Gasteiger partial charge in [-0.2, -0.15) is 0 Å². The molecule has 2 aliphatic heterocycles. The first-order valence-electron chi connectivity index (χ1n) is 12.2. The molecule has 8 heteroatoms. The molecule has 5 rings (SSSR count). The van der Waals surface area contributed by atoms with Crippen molar-refractivity contribution in [3.63, 3.8) is 0 Å². The molecule has 0 unspecified atom stereocenters. The standard InChI is InChI=1S/C27H32ClN5OS/c1-18-7-8-21(28)17-24(18)33-19(2)16-22(20(33)3)26-25(23-6-4-5-9-29-23)30-27(35)32(26)11-10-31-12-14-34-15-13-31/h4-9,16-17,25-26H,10-15H2,1-3H3,(H,30,35)/t25-,26+/m1/s1. The van der Waals surface area contributed by atoms with E-state index in [2.05, 4.69) is 58.7 Å². The van der Waals surface area contributed by atoms with E-state index in [-0.39, 0.29) is 12.1 Å². The summed E-state index contributed by atoms with van der Waals surface area (Å²) in [5.74, 6) is 0. The third kappa shape index (κ3) is 4.83. The van der Waals surface area contributed by atoms with Crippen molar-refractivity contribution >= 4 is 28.9 Å². The van der Waals surface area contributed by atoms with Crippen molar-refractivity contribution in [2.24, 2.45) is 0 Å². The van der Waals surface area contributed by atoms with Gasteiger partial charge in [0.05, 0.1) is 31.0 Å². The molecule has 35 heavy (non-hydrogen) atoms. The lowest BCUT2D eigenvalue weighted by Crippen LogP contribution is -2.42. The lowest BCUT2D eigenvalue weighted by atomic mass is 9.96. The fraction of sp³-hybridized carbons (Fsp3) is 0.407. The van der Waals surface area contributed by atoms with E-state index in [4.69, 9.17) is 33.5 Å². The van der Waals surface area contributed by atoms with Crippen molar-refractivity contribution in [2.45, 2.75) is 32.9 Å². The van der Waals surface area contributed by atoms with Gasteiger partial charge in [-0.3, -0.25) is 9.88 Å². The number of thiocarbonyl (C=S) groups is 1. The van der Waals surface area contributed by atoms with Crippen LogP contribution in [0, 0.1) is 20.8 Å². The van der Waals surface area contributed by atoms with Crippen LogP contribution in [-0.2, 0) is 4.74 Å². The first-order chi connectivity index (χ1) is 16.9. The van der Waals surface area contributed by atoms with Crippen molar-refractivity contribution in [1.82, 2.24) is 24.7 Å². The van der Waals surface area contributed by atoms with Gasteiger partial charge in [-0.15, -0.1) is 0 Å². The van der Waals surface area contributed by atoms with Crippen LogP contribution in [0.15, 0.2) is 48.7 Å². The zero-order valence-corrected chi connectivity index (χ0v) is 22.1. The van der Waals surface area contributed by atoms with Crippen LogP contribution in [0.5, 0.6) is 0 Å². The second-order valence-electron chi connectivity index (χ2n) is 9.37. The molecule has 2 aromatic heterocycles. The zero-order chi connectivity index (χ0) is 24.5. The highest BCUT2D eigenvalue weighted by Gasteiger charge is 2.41. The molecule has 2 aliphatic rings. The zero-order valence-electron chi connectivity index (χ0n) is 20.5. The fourth-order valence-electron chi connectivity index (χ4n) is 5.34. The summed E-state index contributed by atoms with van der Waals surface area (Å²) in [6, 6.07) is 14.5. The van der Waals surface area contributed by atoms with Gasteiger partial charge in [-0.05, 0) is 74.4 Å². The molecule has 4 heterocycles. The minimum absolute atomic E-state index is 0.0252. The van der Waals surface area contributed by atoms with Gasteiger partial charge in [-0.1, -0.05) is 23.7 Å². The Kier molecular flexibility index (Phi) is 7.12. The number of halogens is 1. The lowest BCUT2D eigenvalue weighted by molar-refractivity contribution is 0.0350. The quantitative estimate of drug-likeness (QED) is 0.484. The van der Waals surface area contributed by atoms with Crippen molar-refractivity contribution in [1.29, 1.82) is 0 Å². The third-order valence-corrected chi connectivity index (χ3v) is 7.75. The number of benzene rings is 1. The number of rotatable bonds is 6. The summed E-state index contributed by atoms with van der Waals surface area (Å²) in [5.41, 5.74) is 6.93. The van der Waals surface area contributed by atoms with Crippen LogP contribution in [0.2, 0.25) is 5.02 Å². The normalized spacial score (nSPS) is 20.9. The summed E-state index contributed by atoms with van der Waals surface area (Å²) in [5, 5.41) is 5.11. The number of hydrogen-bond donors (Lipinski definition) is 1. The summed E-state index contributed by atoms with van der Waals surface area (Å²) in [4.78, 5) is 9.50. The van der Waals surface area contributed by atoms with Crippen LogP contribution >= 0.6 is 23.8 Å². The van der Waals surface area contributed by atoms with Crippen LogP contribution in [0.1, 0.15) is 40.3 Å². The van der Waals surface area contributed by atoms with E-state index in [9.17, 15) is 0 Å². The van der Waals surface area contributed by atoms with Crippen LogP contribution in [0.25, 0.3) is 5.69 Å². The molecule has 1 N–H and O–H groups in total. The second kappa shape index (κ2) is 10.3. The summed E-state index contributed by atoms with van der Waals surface area (Å²) in [7, 11) is 0. The number of pyridine rings is 1. The monoisotopic (exact) mass is 509 g/mol. The predicted octanol–water partition coefficient (Wildman–Crippen LogP) is 4.76. The van der Waals surface area contributed by atoms with Gasteiger partial charge in [0.1, 0.15) is 0 Å². The highest BCUT2D eigenvalue weighted by molar-refractivity contribution is 7.80. The first-order valence-corrected chi connectivity index (χ1v) is 13.0. The minimum Gasteiger partial charge on any atom is -0.379 e. The lowest BCUT2D eigenvalue weighted by Gasteiger charge is -2.32. The van der Waals surface area contributed by atoms with E-state index in [1.54, 1.807) is 0 Å². The van der Waals surface area contributed by atoms with Gasteiger partial charge >= 0.3 is 0 Å². The van der Waals surface area contributed by atoms with Crippen LogP contribution in [-0.4, -0.2) is 63.9 Å². The molecule has 2 atom stereocenters. The Morgan fingerprint density at radius 2 is 1.89 bits per heavy atom. The van der Waals surface area contributed by atoms with Gasteiger partial charge in [0.15, 0.2) is 5.11 Å². The second-order valence-corrected chi connectivity index (χ2v) is 10.2. The van der Waals surface area contributed by atoms with Crippen LogP contribution in [0.3, 0.4) is 0 Å². The molecule has 1 aromatic carbocycles. The first kappa shape index (κ1) is 24.3. The van der Waals surface area contributed by atoms with E-state index in [0.717, 1.165) is 60.9 Å². The Hall–Kier alpha value is -2.45. The van der Waals surface area contributed by atoms with Gasteiger partial charge in [-0.25, -0.2) is 0 Å². The highest BCUT2D eigenvalue weighted by Crippen LogP contribution is 2.41. The van der Waals surface area contributed by atoms with E-state index in [0.29, 0.717) is 0 Å². The van der Waals surface area contributed by atoms with E-state index < -0.39 is 0 Å². The van der Waals surface area contributed by atoms with E-state index in [1.165, 1.54) is 22.5 Å². The molecule has 0 amide bonds. The van der Waals surface area contributed by atoms with E-state index >= 15 is 0 Å². The van der Waals surface area contributed by atoms with Gasteiger partial charge in [0.25, 0.3) is 0 Å². The number of aromatic nitrogens is 2. The average molecular weight is 510 g/mol. The Morgan fingerprint density at radius 1 is 1.09 bits per heavy atom. The van der Waals surface area contributed by atoms with Crippen LogP contribution < -0.4 is 5.32 Å². The smallest absolute Gasteiger partial charge is 0.170 e. The number of aryl methyl sites for hydroxylation is 2. The molecule has 0 saturated carbocycles. The van der Waals surface area contributed by atoms with Crippen molar-refractivity contribution in [2.75, 3.05) is 39.4 Å². The fourth-order valence-corrected chi connectivity index (χ4v) is 5.84. The maximum Gasteiger partial charge on any atom is 0.170 e. The topological polar surface area (TPSA) is 45.6 Å². The summed E-state index contributed by atoms with van der Waals surface area (Å²) < 4.78 is 7.85. The van der Waals surface area contributed by atoms with Crippen molar-refractivity contribution < 1.29 is 4.74 Å². The van der Waals surface area contributed by atoms with Crippen molar-refractivity contribution in [3.05, 3.63) is 81.9 Å². The van der Waals surface area contributed by atoms with Gasteiger partial charge in [0, 0.05) is 54.5 Å². The predicted molar refractivity (Wildman–Crippen MR) is 144 cm³/mol. The number of nitrogens with one attached hydrogen (secondary N) is 1. The maximum atomic E-state index is 6.40. The molecule has 2 saturated heterocycles. The molecule has 184 valence electrons. The largest absolute Gasteiger partial charge is 0.379 e. The molecular formula is C27H32ClN5OS. The molecule has 0 radical (unpaired) electrons. The molecule has 0 aliphatic carbocycles. The molecular weight excluding hydrogens is 478 g/mol. The third-order valence-electron chi connectivity index (χ3n) is 7.16. The summed E-state index contributed by atoms with van der Waals surface area (Å²) in [6.45, 7) is 11.8. The molecule has 2 fully saturated rings. The number of hydrogen-bond acceptors (Lipinski definition) is 4. The number of nitrogens with zero attached hydrogens (tertiary/aromatic N) is 4. The maximum absolute atomic E-state index is 6.40. The Morgan fingerprint density at radius 3 is 2.63 bits per heavy atom. The SMILES string of the molecule is Cc1ccc(Cl)cc1-n1c(C)cc([C@H]2[C@@H](c3ccccn3)NC(=S)N2CCN2CCOCC2)c1C. The number of morpholine rings is 1. The molecule has 0 bridgehead atoms. The molecule has 3 aromatic rings. The highest BCUT2D eigenvalue weighted by atomic mass is 35.5. The van der Waals surface area contributed by atoms with Crippen LogP contribution in [0.4, 0.5) is 0 Å². The summed E-state index contributed by atoms with van der Waals surface area (Å²) in [6.07, 6.45) is 1.85. The van der Waals surface area contributed by atoms with Gasteiger partial charge < -0.3 is 19.5 Å². The average Bonchev–Trinajstić information content (AvgIpc) is 3.35. The molecule has 6 nitrogen and oxygen atoms in total. The van der Waals surface area contributed by atoms with E-state index in [1.807, 2.05) is 30.5 Å². The Bertz CT molecular complexity index is 1210. The summed E-state index contributed by atoms with van der Waals surface area (Å²) >= 11 is 12.3. The van der Waals surface area contributed by atoms with Gasteiger partial charge in [0.2, 0.25) is 0 Å². The van der Waals surface area contributed by atoms with Crippen molar-refractivity contribution in [3.8, 4) is 5.69 Å². The number of ether oxygens (including phenoxy) is 1. The molecule has 0 spiro atoms. The minimum atomic E-state index is -0.0252. The Balaban J connectivity index is 1.55. The Labute approximate surface area is 217 Å².